The summed E-state index contributed by atoms with van der Waals surface area (Å²) in [7, 11) is -3.38. The molecule has 1 aliphatic rings. The molecule has 1 saturated carbocycles. The Labute approximate surface area is 140 Å². The molecule has 1 amide bonds. The Bertz CT molecular complexity index is 860. The van der Waals surface area contributed by atoms with Gasteiger partial charge in [0.05, 0.1) is 28.7 Å². The average Bonchev–Trinajstić information content (AvgIpc) is 3.15. The number of sulfone groups is 1. The Hall–Kier alpha value is -2.19. The first-order chi connectivity index (χ1) is 11.3. The van der Waals surface area contributed by atoms with Gasteiger partial charge < -0.3 is 11.1 Å². The van der Waals surface area contributed by atoms with E-state index in [9.17, 15) is 13.2 Å². The first kappa shape index (κ1) is 16.7. The zero-order valence-electron chi connectivity index (χ0n) is 13.3. The van der Waals surface area contributed by atoms with Crippen LogP contribution in [0.2, 0.25) is 0 Å². The van der Waals surface area contributed by atoms with Crippen LogP contribution in [0.3, 0.4) is 0 Å². The van der Waals surface area contributed by atoms with E-state index >= 15 is 0 Å². The summed E-state index contributed by atoms with van der Waals surface area (Å²) in [4.78, 5) is 12.4. The molecule has 3 rings (SSSR count). The summed E-state index contributed by atoms with van der Waals surface area (Å²) in [6, 6.07) is 6.69. The first-order valence-corrected chi connectivity index (χ1v) is 9.64. The zero-order valence-corrected chi connectivity index (χ0v) is 14.2. The molecule has 24 heavy (non-hydrogen) atoms. The molecule has 1 heterocycles. The first-order valence-electron chi connectivity index (χ1n) is 7.75. The predicted molar refractivity (Wildman–Crippen MR) is 90.6 cm³/mol. The van der Waals surface area contributed by atoms with Crippen molar-refractivity contribution in [3.05, 3.63) is 36.7 Å². The van der Waals surface area contributed by atoms with Crippen LogP contribution in [0.1, 0.15) is 19.3 Å². The van der Waals surface area contributed by atoms with Crippen LogP contribution in [0.4, 0.5) is 5.69 Å². The van der Waals surface area contributed by atoms with Gasteiger partial charge in [0.15, 0.2) is 9.84 Å². The van der Waals surface area contributed by atoms with Gasteiger partial charge in [-0.15, -0.1) is 0 Å². The molecule has 2 atom stereocenters. The third-order valence-corrected chi connectivity index (χ3v) is 5.35. The smallest absolute Gasteiger partial charge is 0.227 e. The Balaban J connectivity index is 1.81. The number of para-hydroxylation sites is 1. The minimum Gasteiger partial charge on any atom is -0.328 e. The van der Waals surface area contributed by atoms with Gasteiger partial charge in [-0.1, -0.05) is 12.1 Å². The molecule has 3 N–H and O–H groups in total. The van der Waals surface area contributed by atoms with Gasteiger partial charge >= 0.3 is 0 Å². The molecule has 0 saturated heterocycles. The molecule has 1 fully saturated rings. The van der Waals surface area contributed by atoms with Gasteiger partial charge in [-0.3, -0.25) is 4.79 Å². The number of nitrogens with two attached hydrogens (primary N) is 1. The SMILES string of the molecule is CS(=O)(=O)c1ccccc1-n1cc(NC(=O)C2CCC(N)C2)cn1. The van der Waals surface area contributed by atoms with Crippen LogP contribution in [-0.2, 0) is 14.6 Å². The van der Waals surface area contributed by atoms with Crippen molar-refractivity contribution in [1.82, 2.24) is 9.78 Å². The highest BCUT2D eigenvalue weighted by Crippen LogP contribution is 2.26. The molecular formula is C16H20N4O3S. The van der Waals surface area contributed by atoms with Crippen LogP contribution in [-0.4, -0.2) is 36.4 Å². The Morgan fingerprint density at radius 2 is 2.08 bits per heavy atom. The minimum absolute atomic E-state index is 0.0705. The summed E-state index contributed by atoms with van der Waals surface area (Å²) in [6.07, 6.45) is 6.61. The van der Waals surface area contributed by atoms with Crippen LogP contribution in [0.15, 0.2) is 41.6 Å². The lowest BCUT2D eigenvalue weighted by atomic mass is 10.1. The standard InChI is InChI=1S/C16H20N4O3S/c1-24(22,23)15-5-3-2-4-14(15)20-10-13(9-18-20)19-16(21)11-6-7-12(17)8-11/h2-5,9-12H,6-8,17H2,1H3,(H,19,21). The zero-order chi connectivity index (χ0) is 17.3. The molecule has 1 aromatic carbocycles. The lowest BCUT2D eigenvalue weighted by Gasteiger charge is -2.09. The summed E-state index contributed by atoms with van der Waals surface area (Å²) < 4.78 is 25.2. The van der Waals surface area contributed by atoms with Gasteiger partial charge in [-0.2, -0.15) is 5.10 Å². The number of hydrogen-bond donors (Lipinski definition) is 2. The van der Waals surface area contributed by atoms with Crippen molar-refractivity contribution in [3.8, 4) is 5.69 Å². The van der Waals surface area contributed by atoms with E-state index in [2.05, 4.69) is 10.4 Å². The summed E-state index contributed by atoms with van der Waals surface area (Å²) in [5.41, 5.74) is 6.82. The van der Waals surface area contributed by atoms with Crippen molar-refractivity contribution in [3.63, 3.8) is 0 Å². The fraction of sp³-hybridized carbons (Fsp3) is 0.375. The van der Waals surface area contributed by atoms with Crippen LogP contribution in [0.25, 0.3) is 5.69 Å². The van der Waals surface area contributed by atoms with Gasteiger partial charge in [0.1, 0.15) is 0 Å². The highest BCUT2D eigenvalue weighted by Gasteiger charge is 2.28. The second kappa shape index (κ2) is 6.37. The Morgan fingerprint density at radius 1 is 1.33 bits per heavy atom. The molecule has 2 unspecified atom stereocenters. The normalized spacial score (nSPS) is 20.9. The van der Waals surface area contributed by atoms with Crippen LogP contribution in [0.5, 0.6) is 0 Å². The molecule has 2 aromatic rings. The van der Waals surface area contributed by atoms with E-state index in [0.29, 0.717) is 17.8 Å². The van der Waals surface area contributed by atoms with Gasteiger partial charge in [0.25, 0.3) is 0 Å². The predicted octanol–water partition coefficient (Wildman–Crippen LogP) is 1.34. The summed E-state index contributed by atoms with van der Waals surface area (Å²) in [5.74, 6) is -0.148. The maximum Gasteiger partial charge on any atom is 0.227 e. The molecule has 0 bridgehead atoms. The molecule has 0 radical (unpaired) electrons. The van der Waals surface area contributed by atoms with E-state index in [1.165, 1.54) is 16.9 Å². The lowest BCUT2D eigenvalue weighted by Crippen LogP contribution is -2.23. The Morgan fingerprint density at radius 3 is 2.75 bits per heavy atom. The fourth-order valence-electron chi connectivity index (χ4n) is 2.98. The second-order valence-corrected chi connectivity index (χ2v) is 8.16. The van der Waals surface area contributed by atoms with E-state index in [1.807, 2.05) is 0 Å². The number of carbonyl (C=O) groups is 1. The van der Waals surface area contributed by atoms with Gasteiger partial charge in [0, 0.05) is 18.2 Å². The molecule has 7 nitrogen and oxygen atoms in total. The third-order valence-electron chi connectivity index (χ3n) is 4.21. The Kier molecular flexibility index (Phi) is 4.42. The van der Waals surface area contributed by atoms with E-state index in [0.717, 1.165) is 19.1 Å². The number of aromatic nitrogens is 2. The monoisotopic (exact) mass is 348 g/mol. The van der Waals surface area contributed by atoms with Gasteiger partial charge in [-0.05, 0) is 31.4 Å². The summed E-state index contributed by atoms with van der Waals surface area (Å²) >= 11 is 0. The van der Waals surface area contributed by atoms with E-state index in [-0.39, 0.29) is 22.8 Å². The van der Waals surface area contributed by atoms with Crippen LogP contribution >= 0.6 is 0 Å². The lowest BCUT2D eigenvalue weighted by molar-refractivity contribution is -0.119. The maximum absolute atomic E-state index is 12.2. The number of rotatable bonds is 4. The van der Waals surface area contributed by atoms with Crippen molar-refractivity contribution in [2.45, 2.75) is 30.2 Å². The molecule has 1 aliphatic carbocycles. The average molecular weight is 348 g/mol. The van der Waals surface area contributed by atoms with Gasteiger partial charge in [0.2, 0.25) is 5.91 Å². The second-order valence-electron chi connectivity index (χ2n) is 6.17. The molecule has 0 aliphatic heterocycles. The van der Waals surface area contributed by atoms with E-state index < -0.39 is 9.84 Å². The largest absolute Gasteiger partial charge is 0.328 e. The van der Waals surface area contributed by atoms with Crippen LogP contribution in [0, 0.1) is 5.92 Å². The van der Waals surface area contributed by atoms with Crippen molar-refractivity contribution in [1.29, 1.82) is 0 Å². The maximum atomic E-state index is 12.2. The number of amides is 1. The molecule has 8 heteroatoms. The topological polar surface area (TPSA) is 107 Å². The fourth-order valence-corrected chi connectivity index (χ4v) is 3.85. The highest BCUT2D eigenvalue weighted by atomic mass is 32.2. The molecule has 0 spiro atoms. The highest BCUT2D eigenvalue weighted by molar-refractivity contribution is 7.90. The van der Waals surface area contributed by atoms with Crippen molar-refractivity contribution >= 4 is 21.4 Å². The van der Waals surface area contributed by atoms with E-state index in [1.54, 1.807) is 24.4 Å². The summed E-state index contributed by atoms with van der Waals surface area (Å²) in [6.45, 7) is 0. The number of nitrogens with zero attached hydrogens (tertiary/aromatic N) is 2. The quantitative estimate of drug-likeness (QED) is 0.867. The minimum atomic E-state index is -3.38. The van der Waals surface area contributed by atoms with Crippen LogP contribution < -0.4 is 11.1 Å². The van der Waals surface area contributed by atoms with Crippen molar-refractivity contribution in [2.24, 2.45) is 11.7 Å². The number of anilines is 1. The molecule has 128 valence electrons. The number of carbonyl (C=O) groups excluding carboxylic acids is 1. The summed E-state index contributed by atoms with van der Waals surface area (Å²) in [5, 5.41) is 6.99. The van der Waals surface area contributed by atoms with Crippen molar-refractivity contribution < 1.29 is 13.2 Å². The van der Waals surface area contributed by atoms with Crippen molar-refractivity contribution in [2.75, 3.05) is 11.6 Å². The van der Waals surface area contributed by atoms with Gasteiger partial charge in [-0.25, -0.2) is 13.1 Å². The number of nitrogens with one attached hydrogen (secondary N) is 1. The number of benzene rings is 1. The number of hydrogen-bond acceptors (Lipinski definition) is 5. The third kappa shape index (κ3) is 3.49. The molecule has 1 aromatic heterocycles. The van der Waals surface area contributed by atoms with E-state index in [4.69, 9.17) is 5.73 Å². The molecular weight excluding hydrogens is 328 g/mol.